The molecular formula is C27H27N5O3S. The standard InChI is InChI=1S/C27H27N5O3S/c1-35-27(34)23-17-32(30-29-23)22-14-24(31(16-22)15-19-12-13-36-18-19)26(33)28-25(20-8-4-2-5-9-20)21-10-6-3-7-11-21/h2-13,17-18,22,24-25H,14-16H2,1H3,(H,28,33)/t22-,24-/m0/s1. The molecule has 9 heteroatoms. The number of hydrogen-bond acceptors (Lipinski definition) is 7. The quantitative estimate of drug-likeness (QED) is 0.369. The molecule has 1 amide bonds. The third-order valence-corrected chi connectivity index (χ3v) is 7.21. The highest BCUT2D eigenvalue weighted by Crippen LogP contribution is 2.30. The smallest absolute Gasteiger partial charge is 0.360 e. The van der Waals surface area contributed by atoms with E-state index in [-0.39, 0.29) is 29.7 Å². The van der Waals surface area contributed by atoms with Crippen LogP contribution in [0.5, 0.6) is 0 Å². The number of likely N-dealkylation sites (tertiary alicyclic amines) is 1. The van der Waals surface area contributed by atoms with E-state index in [2.05, 4.69) is 32.0 Å². The van der Waals surface area contributed by atoms with Crippen molar-refractivity contribution in [3.05, 3.63) is 106 Å². The second kappa shape index (κ2) is 10.8. The number of benzene rings is 2. The van der Waals surface area contributed by atoms with Crippen molar-refractivity contribution in [3.8, 4) is 0 Å². The van der Waals surface area contributed by atoms with Crippen LogP contribution in [0.3, 0.4) is 0 Å². The molecular weight excluding hydrogens is 474 g/mol. The van der Waals surface area contributed by atoms with Gasteiger partial charge < -0.3 is 10.1 Å². The average molecular weight is 502 g/mol. The average Bonchev–Trinajstić information content (AvgIpc) is 3.69. The Hall–Kier alpha value is -3.82. The molecule has 1 saturated heterocycles. The van der Waals surface area contributed by atoms with Crippen molar-refractivity contribution in [2.24, 2.45) is 0 Å². The summed E-state index contributed by atoms with van der Waals surface area (Å²) in [6, 6.07) is 21.3. The minimum atomic E-state index is -0.530. The van der Waals surface area contributed by atoms with Gasteiger partial charge in [0.1, 0.15) is 0 Å². The molecule has 1 aliphatic heterocycles. The maximum atomic E-state index is 13.8. The maximum Gasteiger partial charge on any atom is 0.360 e. The number of carbonyl (C=O) groups excluding carboxylic acids is 2. The molecule has 1 aliphatic rings. The molecule has 0 unspecified atom stereocenters. The Kier molecular flexibility index (Phi) is 7.20. The molecule has 1 N–H and O–H groups in total. The van der Waals surface area contributed by atoms with Crippen molar-refractivity contribution in [2.45, 2.75) is 31.1 Å². The minimum Gasteiger partial charge on any atom is -0.464 e. The molecule has 184 valence electrons. The van der Waals surface area contributed by atoms with E-state index in [9.17, 15) is 9.59 Å². The number of thiophene rings is 1. The summed E-state index contributed by atoms with van der Waals surface area (Å²) in [6.45, 7) is 1.26. The largest absolute Gasteiger partial charge is 0.464 e. The number of methoxy groups -OCH3 is 1. The van der Waals surface area contributed by atoms with Crippen LogP contribution >= 0.6 is 11.3 Å². The normalized spacial score (nSPS) is 17.8. The summed E-state index contributed by atoms with van der Waals surface area (Å²) in [7, 11) is 1.32. The molecule has 36 heavy (non-hydrogen) atoms. The number of carbonyl (C=O) groups is 2. The van der Waals surface area contributed by atoms with Crippen molar-refractivity contribution in [3.63, 3.8) is 0 Å². The molecule has 0 bridgehead atoms. The molecule has 0 radical (unpaired) electrons. The van der Waals surface area contributed by atoms with Gasteiger partial charge in [0.15, 0.2) is 5.69 Å². The van der Waals surface area contributed by atoms with Crippen LogP contribution in [0.2, 0.25) is 0 Å². The Labute approximate surface area is 213 Å². The van der Waals surface area contributed by atoms with E-state index in [4.69, 9.17) is 4.74 Å². The Morgan fingerprint density at radius 2 is 1.78 bits per heavy atom. The van der Waals surface area contributed by atoms with Gasteiger partial charge in [-0.25, -0.2) is 9.48 Å². The van der Waals surface area contributed by atoms with E-state index in [1.165, 1.54) is 7.11 Å². The van der Waals surface area contributed by atoms with Gasteiger partial charge in [-0.1, -0.05) is 65.9 Å². The number of hydrogen-bond donors (Lipinski definition) is 1. The van der Waals surface area contributed by atoms with Crippen LogP contribution in [0.15, 0.2) is 83.7 Å². The van der Waals surface area contributed by atoms with E-state index < -0.39 is 5.97 Å². The number of ether oxygens (including phenoxy) is 1. The highest BCUT2D eigenvalue weighted by Gasteiger charge is 2.39. The van der Waals surface area contributed by atoms with Gasteiger partial charge >= 0.3 is 5.97 Å². The third kappa shape index (κ3) is 5.22. The fraction of sp³-hybridized carbons (Fsp3) is 0.259. The first-order valence-corrected chi connectivity index (χ1v) is 12.7. The lowest BCUT2D eigenvalue weighted by Gasteiger charge is -2.26. The van der Waals surface area contributed by atoms with Gasteiger partial charge in [-0.05, 0) is 39.9 Å². The zero-order chi connectivity index (χ0) is 24.9. The van der Waals surface area contributed by atoms with E-state index in [0.29, 0.717) is 19.5 Å². The Morgan fingerprint density at radius 1 is 1.08 bits per heavy atom. The second-order valence-corrected chi connectivity index (χ2v) is 9.58. The molecule has 0 saturated carbocycles. The van der Waals surface area contributed by atoms with E-state index in [1.54, 1.807) is 22.2 Å². The molecule has 1 fully saturated rings. The lowest BCUT2D eigenvalue weighted by atomic mass is 9.98. The lowest BCUT2D eigenvalue weighted by Crippen LogP contribution is -2.44. The Bertz CT molecular complexity index is 1250. The van der Waals surface area contributed by atoms with Crippen molar-refractivity contribution in [1.82, 2.24) is 25.2 Å². The SMILES string of the molecule is COC(=O)c1cn([C@H]2C[C@@H](C(=O)NC(c3ccccc3)c3ccccc3)N(Cc3ccsc3)C2)nn1. The number of nitrogens with one attached hydrogen (secondary N) is 1. The predicted octanol–water partition coefficient (Wildman–Crippen LogP) is 3.85. The van der Waals surface area contributed by atoms with E-state index in [1.807, 2.05) is 66.0 Å². The van der Waals surface area contributed by atoms with Crippen LogP contribution in [0.4, 0.5) is 0 Å². The van der Waals surface area contributed by atoms with Gasteiger partial charge in [0, 0.05) is 13.1 Å². The number of aromatic nitrogens is 3. The Morgan fingerprint density at radius 3 is 2.39 bits per heavy atom. The molecule has 2 aromatic heterocycles. The van der Waals surface area contributed by atoms with Crippen molar-refractivity contribution < 1.29 is 14.3 Å². The molecule has 3 heterocycles. The molecule has 5 rings (SSSR count). The highest BCUT2D eigenvalue weighted by molar-refractivity contribution is 7.07. The molecule has 2 atom stereocenters. The number of esters is 1. The molecule has 4 aromatic rings. The second-order valence-electron chi connectivity index (χ2n) is 8.80. The van der Waals surface area contributed by atoms with Crippen LogP contribution in [0, 0.1) is 0 Å². The van der Waals surface area contributed by atoms with Crippen LogP contribution in [-0.2, 0) is 16.1 Å². The molecule has 2 aromatic carbocycles. The van der Waals surface area contributed by atoms with Crippen molar-refractivity contribution in [1.29, 1.82) is 0 Å². The minimum absolute atomic E-state index is 0.0428. The summed E-state index contributed by atoms with van der Waals surface area (Å²) < 4.78 is 6.44. The van der Waals surface area contributed by atoms with Crippen molar-refractivity contribution >= 4 is 23.2 Å². The molecule has 0 spiro atoms. The number of rotatable bonds is 8. The summed E-state index contributed by atoms with van der Waals surface area (Å²) >= 11 is 1.64. The predicted molar refractivity (Wildman–Crippen MR) is 136 cm³/mol. The summed E-state index contributed by atoms with van der Waals surface area (Å²) in [6.07, 6.45) is 2.15. The zero-order valence-corrected chi connectivity index (χ0v) is 20.7. The molecule has 8 nitrogen and oxygen atoms in total. The fourth-order valence-corrected chi connectivity index (χ4v) is 5.34. The summed E-state index contributed by atoms with van der Waals surface area (Å²) in [4.78, 5) is 27.9. The zero-order valence-electron chi connectivity index (χ0n) is 19.9. The third-order valence-electron chi connectivity index (χ3n) is 6.48. The van der Waals surface area contributed by atoms with Crippen LogP contribution < -0.4 is 5.32 Å². The first-order valence-electron chi connectivity index (χ1n) is 11.8. The number of nitrogens with zero attached hydrogens (tertiary/aromatic N) is 4. The van der Waals surface area contributed by atoms with Gasteiger partial charge in [0.2, 0.25) is 5.91 Å². The van der Waals surface area contributed by atoms with E-state index >= 15 is 0 Å². The van der Waals surface area contributed by atoms with Gasteiger partial charge in [0.25, 0.3) is 0 Å². The van der Waals surface area contributed by atoms with Gasteiger partial charge in [-0.15, -0.1) is 5.10 Å². The Balaban J connectivity index is 1.40. The van der Waals surface area contributed by atoms with Crippen LogP contribution in [-0.4, -0.2) is 51.5 Å². The summed E-state index contributed by atoms with van der Waals surface area (Å²) in [5, 5.41) is 15.6. The highest BCUT2D eigenvalue weighted by atomic mass is 32.1. The lowest BCUT2D eigenvalue weighted by molar-refractivity contribution is -0.126. The van der Waals surface area contributed by atoms with Gasteiger partial charge in [-0.3, -0.25) is 9.69 Å². The first kappa shape index (κ1) is 23.9. The van der Waals surface area contributed by atoms with Crippen molar-refractivity contribution in [2.75, 3.05) is 13.7 Å². The maximum absolute atomic E-state index is 13.8. The summed E-state index contributed by atoms with van der Waals surface area (Å²) in [5.41, 5.74) is 3.36. The van der Waals surface area contributed by atoms with E-state index in [0.717, 1.165) is 16.7 Å². The number of amides is 1. The van der Waals surface area contributed by atoms with Crippen LogP contribution in [0.1, 0.15) is 45.7 Å². The fourth-order valence-electron chi connectivity index (χ4n) is 4.68. The monoisotopic (exact) mass is 501 g/mol. The topological polar surface area (TPSA) is 89.4 Å². The first-order chi connectivity index (χ1) is 17.6. The summed E-state index contributed by atoms with van der Waals surface area (Å²) in [5.74, 6) is -0.573. The van der Waals surface area contributed by atoms with Crippen LogP contribution in [0.25, 0.3) is 0 Å². The molecule has 0 aliphatic carbocycles. The van der Waals surface area contributed by atoms with Gasteiger partial charge in [-0.2, -0.15) is 11.3 Å². The van der Waals surface area contributed by atoms with Gasteiger partial charge in [0.05, 0.1) is 31.4 Å².